The Balaban J connectivity index is 2.99. The zero-order valence-electron chi connectivity index (χ0n) is 9.23. The molecular formula is C12H18ClN. The number of unbranched alkanes of at least 4 members (excludes halogenated alkanes) is 1. The van der Waals surface area contributed by atoms with Crippen molar-refractivity contribution in [3.63, 3.8) is 0 Å². The highest BCUT2D eigenvalue weighted by Gasteiger charge is 2.07. The van der Waals surface area contributed by atoms with Gasteiger partial charge in [0.2, 0.25) is 0 Å². The highest BCUT2D eigenvalue weighted by Crippen LogP contribution is 2.19. The minimum absolute atomic E-state index is 0.568. The number of aryl methyl sites for hydroxylation is 1. The quantitative estimate of drug-likeness (QED) is 0.691. The van der Waals surface area contributed by atoms with Crippen molar-refractivity contribution in [1.82, 2.24) is 4.98 Å². The number of hydrogen-bond donors (Lipinski definition) is 0. The van der Waals surface area contributed by atoms with Crippen molar-refractivity contribution in [1.29, 1.82) is 0 Å². The maximum Gasteiger partial charge on any atom is 0.0492 e. The third kappa shape index (κ3) is 2.48. The smallest absolute Gasteiger partial charge is 0.0492 e. The molecule has 1 nitrogen and oxygen atoms in total. The second-order valence-electron chi connectivity index (χ2n) is 3.71. The molecule has 0 aliphatic carbocycles. The number of alkyl halides is 1. The number of nitrogens with zero attached hydrogens (tertiary/aromatic N) is 1. The molecule has 0 spiro atoms. The molecule has 78 valence electrons. The Morgan fingerprint density at radius 1 is 1.36 bits per heavy atom. The fourth-order valence-corrected chi connectivity index (χ4v) is 1.94. The second-order valence-corrected chi connectivity index (χ2v) is 3.98. The first-order chi connectivity index (χ1) is 6.70. The summed E-state index contributed by atoms with van der Waals surface area (Å²) >= 11 is 5.85. The molecule has 0 unspecified atom stereocenters. The summed E-state index contributed by atoms with van der Waals surface area (Å²) in [6, 6.07) is 0. The fourth-order valence-electron chi connectivity index (χ4n) is 1.67. The van der Waals surface area contributed by atoms with Crippen LogP contribution in [0.5, 0.6) is 0 Å². The van der Waals surface area contributed by atoms with E-state index in [1.165, 1.54) is 29.5 Å². The zero-order valence-corrected chi connectivity index (χ0v) is 9.99. The summed E-state index contributed by atoms with van der Waals surface area (Å²) in [5.41, 5.74) is 5.05. The molecule has 0 amide bonds. The second kappa shape index (κ2) is 5.35. The van der Waals surface area contributed by atoms with E-state index in [0.29, 0.717) is 5.88 Å². The molecule has 14 heavy (non-hydrogen) atoms. The van der Waals surface area contributed by atoms with Crippen molar-refractivity contribution < 1.29 is 0 Å². The minimum Gasteiger partial charge on any atom is -0.261 e. The molecule has 1 rings (SSSR count). The third-order valence-electron chi connectivity index (χ3n) is 2.71. The first kappa shape index (κ1) is 11.5. The van der Waals surface area contributed by atoms with E-state index >= 15 is 0 Å². The largest absolute Gasteiger partial charge is 0.261 e. The summed E-state index contributed by atoms with van der Waals surface area (Å²) in [6.07, 6.45) is 5.48. The average molecular weight is 212 g/mol. The third-order valence-corrected chi connectivity index (χ3v) is 3.00. The molecule has 0 saturated heterocycles. The van der Waals surface area contributed by atoms with Gasteiger partial charge in [-0.05, 0) is 43.4 Å². The molecule has 0 aromatic carbocycles. The van der Waals surface area contributed by atoms with Crippen LogP contribution in [0.2, 0.25) is 0 Å². The summed E-state index contributed by atoms with van der Waals surface area (Å²) in [5.74, 6) is 0.568. The monoisotopic (exact) mass is 211 g/mol. The molecule has 0 aliphatic rings. The van der Waals surface area contributed by atoms with Gasteiger partial charge in [-0.1, -0.05) is 13.3 Å². The number of aromatic nitrogens is 1. The van der Waals surface area contributed by atoms with Crippen LogP contribution in [0.15, 0.2) is 6.20 Å². The topological polar surface area (TPSA) is 12.9 Å². The number of pyridine rings is 1. The Kier molecular flexibility index (Phi) is 4.40. The Labute approximate surface area is 91.5 Å². The van der Waals surface area contributed by atoms with E-state index in [1.807, 2.05) is 6.20 Å². The lowest BCUT2D eigenvalue weighted by atomic mass is 9.99. The molecule has 2 heteroatoms. The Morgan fingerprint density at radius 3 is 2.64 bits per heavy atom. The number of hydrogen-bond acceptors (Lipinski definition) is 1. The van der Waals surface area contributed by atoms with Crippen LogP contribution in [-0.2, 0) is 12.3 Å². The molecule has 0 radical (unpaired) electrons. The predicted molar refractivity (Wildman–Crippen MR) is 61.9 cm³/mol. The standard InChI is InChI=1S/C12H18ClN/c1-4-5-6-12-9(2)11(7-13)8-14-10(12)3/h8H,4-7H2,1-3H3. The Bertz CT molecular complexity index is 307. The van der Waals surface area contributed by atoms with Gasteiger partial charge in [0, 0.05) is 17.8 Å². The lowest BCUT2D eigenvalue weighted by Crippen LogP contribution is -2.00. The van der Waals surface area contributed by atoms with Crippen molar-refractivity contribution in [2.75, 3.05) is 0 Å². The number of rotatable bonds is 4. The molecule has 0 saturated carbocycles. The summed E-state index contributed by atoms with van der Waals surface area (Å²) < 4.78 is 0. The lowest BCUT2D eigenvalue weighted by Gasteiger charge is -2.11. The van der Waals surface area contributed by atoms with Gasteiger partial charge in [0.05, 0.1) is 0 Å². The Hall–Kier alpha value is -0.560. The maximum absolute atomic E-state index is 5.85. The molecular weight excluding hydrogens is 194 g/mol. The summed E-state index contributed by atoms with van der Waals surface area (Å²) in [6.45, 7) is 6.44. The van der Waals surface area contributed by atoms with E-state index in [1.54, 1.807) is 0 Å². The van der Waals surface area contributed by atoms with Crippen LogP contribution >= 0.6 is 11.6 Å². The van der Waals surface area contributed by atoms with Crippen LogP contribution in [0.25, 0.3) is 0 Å². The van der Waals surface area contributed by atoms with Gasteiger partial charge in [0.15, 0.2) is 0 Å². The fraction of sp³-hybridized carbons (Fsp3) is 0.583. The SMILES string of the molecule is CCCCc1c(C)ncc(CCl)c1C. The van der Waals surface area contributed by atoms with Crippen molar-refractivity contribution in [2.45, 2.75) is 45.9 Å². The van der Waals surface area contributed by atoms with Crippen molar-refractivity contribution >= 4 is 11.6 Å². The summed E-state index contributed by atoms with van der Waals surface area (Å²) in [5, 5.41) is 0. The molecule has 0 N–H and O–H groups in total. The van der Waals surface area contributed by atoms with Gasteiger partial charge in [-0.15, -0.1) is 11.6 Å². The maximum atomic E-state index is 5.85. The van der Waals surface area contributed by atoms with Gasteiger partial charge in [-0.2, -0.15) is 0 Å². The Morgan fingerprint density at radius 2 is 2.07 bits per heavy atom. The van der Waals surface area contributed by atoms with E-state index < -0.39 is 0 Å². The van der Waals surface area contributed by atoms with E-state index in [2.05, 4.69) is 25.8 Å². The highest BCUT2D eigenvalue weighted by molar-refractivity contribution is 6.17. The van der Waals surface area contributed by atoms with Crippen LogP contribution in [0.1, 0.15) is 42.1 Å². The van der Waals surface area contributed by atoms with E-state index in [4.69, 9.17) is 11.6 Å². The van der Waals surface area contributed by atoms with Gasteiger partial charge in [-0.3, -0.25) is 4.98 Å². The van der Waals surface area contributed by atoms with E-state index in [0.717, 1.165) is 12.1 Å². The van der Waals surface area contributed by atoms with Gasteiger partial charge in [0.25, 0.3) is 0 Å². The summed E-state index contributed by atoms with van der Waals surface area (Å²) in [7, 11) is 0. The first-order valence-corrected chi connectivity index (χ1v) is 5.74. The molecule has 0 atom stereocenters. The van der Waals surface area contributed by atoms with Gasteiger partial charge >= 0.3 is 0 Å². The predicted octanol–water partition coefficient (Wildman–Crippen LogP) is 3.78. The molecule has 1 aromatic heterocycles. The van der Waals surface area contributed by atoms with E-state index in [-0.39, 0.29) is 0 Å². The van der Waals surface area contributed by atoms with Crippen molar-refractivity contribution in [3.05, 3.63) is 28.6 Å². The van der Waals surface area contributed by atoms with Gasteiger partial charge < -0.3 is 0 Å². The number of halogens is 1. The molecule has 0 bridgehead atoms. The highest BCUT2D eigenvalue weighted by atomic mass is 35.5. The summed E-state index contributed by atoms with van der Waals surface area (Å²) in [4.78, 5) is 4.38. The minimum atomic E-state index is 0.568. The average Bonchev–Trinajstić information content (AvgIpc) is 2.18. The lowest BCUT2D eigenvalue weighted by molar-refractivity contribution is 0.780. The molecule has 0 fully saturated rings. The normalized spacial score (nSPS) is 10.6. The van der Waals surface area contributed by atoms with Crippen LogP contribution in [0, 0.1) is 13.8 Å². The van der Waals surface area contributed by atoms with E-state index in [9.17, 15) is 0 Å². The molecule has 1 aromatic rings. The van der Waals surface area contributed by atoms with Crippen molar-refractivity contribution in [3.8, 4) is 0 Å². The first-order valence-electron chi connectivity index (χ1n) is 5.20. The van der Waals surface area contributed by atoms with Crippen LogP contribution in [0.4, 0.5) is 0 Å². The van der Waals surface area contributed by atoms with Crippen molar-refractivity contribution in [2.24, 2.45) is 0 Å². The molecule has 1 heterocycles. The van der Waals surface area contributed by atoms with Gasteiger partial charge in [0.1, 0.15) is 0 Å². The van der Waals surface area contributed by atoms with Gasteiger partial charge in [-0.25, -0.2) is 0 Å². The zero-order chi connectivity index (χ0) is 10.6. The molecule has 0 aliphatic heterocycles. The van der Waals surface area contributed by atoms with Crippen LogP contribution in [-0.4, -0.2) is 4.98 Å². The van der Waals surface area contributed by atoms with Crippen LogP contribution in [0.3, 0.4) is 0 Å². The van der Waals surface area contributed by atoms with Crippen LogP contribution < -0.4 is 0 Å².